The molecule has 0 radical (unpaired) electrons. The summed E-state index contributed by atoms with van der Waals surface area (Å²) in [4.78, 5) is 15.7. The number of nitrogen functional groups attached to an aromatic ring is 1. The molecule has 2 aromatic heterocycles. The van der Waals surface area contributed by atoms with Gasteiger partial charge in [0.1, 0.15) is 10.9 Å². The Bertz CT molecular complexity index is 694. The van der Waals surface area contributed by atoms with E-state index in [1.54, 1.807) is 6.07 Å². The van der Waals surface area contributed by atoms with Crippen molar-refractivity contribution in [1.29, 1.82) is 5.41 Å². The molecule has 0 aliphatic heterocycles. The van der Waals surface area contributed by atoms with Crippen molar-refractivity contribution in [3.8, 4) is 0 Å². The SMILES string of the molecule is CCCn1c(Sc2nccc(C(=N)N)c2Cl)n[nH]c1=O. The average Bonchev–Trinajstić information content (AvgIpc) is 2.74. The molecule has 0 fully saturated rings. The van der Waals surface area contributed by atoms with Crippen LogP contribution in [0.4, 0.5) is 0 Å². The molecule has 7 nitrogen and oxygen atoms in total. The summed E-state index contributed by atoms with van der Waals surface area (Å²) in [5, 5.41) is 15.0. The van der Waals surface area contributed by atoms with Gasteiger partial charge in [-0.05, 0) is 24.2 Å². The summed E-state index contributed by atoms with van der Waals surface area (Å²) in [6.07, 6.45) is 2.32. The zero-order valence-corrected chi connectivity index (χ0v) is 12.3. The van der Waals surface area contributed by atoms with E-state index in [4.69, 9.17) is 22.7 Å². The number of nitrogens with one attached hydrogen (secondary N) is 2. The number of aromatic amines is 1. The summed E-state index contributed by atoms with van der Waals surface area (Å²) in [5.41, 5.74) is 5.58. The van der Waals surface area contributed by atoms with Gasteiger partial charge in [0.2, 0.25) is 0 Å². The van der Waals surface area contributed by atoms with E-state index in [-0.39, 0.29) is 16.5 Å². The van der Waals surface area contributed by atoms with E-state index in [0.717, 1.165) is 18.2 Å². The first-order chi connectivity index (χ1) is 9.54. The van der Waals surface area contributed by atoms with Gasteiger partial charge in [-0.15, -0.1) is 5.10 Å². The molecular formula is C11H13ClN6OS. The van der Waals surface area contributed by atoms with Gasteiger partial charge in [0.05, 0.1) is 5.02 Å². The summed E-state index contributed by atoms with van der Waals surface area (Å²) < 4.78 is 1.52. The lowest BCUT2D eigenvalue weighted by Crippen LogP contribution is -2.17. The minimum atomic E-state index is -0.270. The zero-order chi connectivity index (χ0) is 14.7. The first-order valence-electron chi connectivity index (χ1n) is 5.86. The van der Waals surface area contributed by atoms with Gasteiger partial charge in [-0.3, -0.25) is 9.98 Å². The van der Waals surface area contributed by atoms with Crippen molar-refractivity contribution in [2.24, 2.45) is 5.73 Å². The van der Waals surface area contributed by atoms with Crippen LogP contribution in [-0.4, -0.2) is 25.6 Å². The van der Waals surface area contributed by atoms with Crippen molar-refractivity contribution in [2.45, 2.75) is 30.1 Å². The van der Waals surface area contributed by atoms with Gasteiger partial charge >= 0.3 is 5.69 Å². The lowest BCUT2D eigenvalue weighted by Gasteiger charge is -2.07. The highest BCUT2D eigenvalue weighted by atomic mass is 35.5. The number of aromatic nitrogens is 4. The zero-order valence-electron chi connectivity index (χ0n) is 10.7. The Morgan fingerprint density at radius 2 is 2.40 bits per heavy atom. The minimum Gasteiger partial charge on any atom is -0.384 e. The molecule has 0 aliphatic carbocycles. The van der Waals surface area contributed by atoms with E-state index in [9.17, 15) is 4.79 Å². The van der Waals surface area contributed by atoms with Crippen LogP contribution >= 0.6 is 23.4 Å². The molecule has 0 amide bonds. The predicted molar refractivity (Wildman–Crippen MR) is 77.5 cm³/mol. The monoisotopic (exact) mass is 312 g/mol. The molecule has 9 heteroatoms. The Morgan fingerprint density at radius 1 is 1.65 bits per heavy atom. The van der Waals surface area contributed by atoms with Gasteiger partial charge in [0.25, 0.3) is 0 Å². The van der Waals surface area contributed by atoms with Gasteiger partial charge < -0.3 is 5.73 Å². The Labute approximate surface area is 124 Å². The molecule has 0 bridgehead atoms. The van der Waals surface area contributed by atoms with Crippen LogP contribution in [0, 0.1) is 5.41 Å². The molecule has 0 spiro atoms. The maximum absolute atomic E-state index is 11.6. The normalized spacial score (nSPS) is 10.7. The quantitative estimate of drug-likeness (QED) is 0.571. The van der Waals surface area contributed by atoms with Gasteiger partial charge in [-0.25, -0.2) is 14.9 Å². The van der Waals surface area contributed by atoms with Crippen molar-refractivity contribution < 1.29 is 0 Å². The third kappa shape index (κ3) is 2.86. The summed E-state index contributed by atoms with van der Waals surface area (Å²) in [5.74, 6) is -0.132. The van der Waals surface area contributed by atoms with Crippen LogP contribution in [0.2, 0.25) is 5.02 Å². The molecule has 2 rings (SSSR count). The highest BCUT2D eigenvalue weighted by Crippen LogP contribution is 2.31. The van der Waals surface area contributed by atoms with Crippen LogP contribution in [0.15, 0.2) is 27.2 Å². The Kier molecular flexibility index (Phi) is 4.46. The molecule has 4 N–H and O–H groups in total. The van der Waals surface area contributed by atoms with Crippen LogP contribution in [-0.2, 0) is 6.54 Å². The van der Waals surface area contributed by atoms with Crippen LogP contribution < -0.4 is 11.4 Å². The highest BCUT2D eigenvalue weighted by Gasteiger charge is 2.15. The third-order valence-corrected chi connectivity index (χ3v) is 4.00. The number of nitrogens with two attached hydrogens (primary N) is 1. The van der Waals surface area contributed by atoms with E-state index in [2.05, 4.69) is 15.2 Å². The molecule has 0 unspecified atom stereocenters. The van der Waals surface area contributed by atoms with Crippen molar-refractivity contribution in [1.82, 2.24) is 19.7 Å². The Morgan fingerprint density at radius 3 is 3.05 bits per heavy atom. The molecule has 0 aliphatic rings. The molecule has 2 heterocycles. The molecule has 0 saturated heterocycles. The van der Waals surface area contributed by atoms with E-state index in [0.29, 0.717) is 22.3 Å². The minimum absolute atomic E-state index is 0.132. The summed E-state index contributed by atoms with van der Waals surface area (Å²) in [6.45, 7) is 2.52. The second kappa shape index (κ2) is 6.10. The van der Waals surface area contributed by atoms with Gasteiger partial charge in [-0.2, -0.15) is 0 Å². The summed E-state index contributed by atoms with van der Waals surface area (Å²) in [6, 6.07) is 1.57. The maximum atomic E-state index is 11.6. The van der Waals surface area contributed by atoms with Crippen LogP contribution in [0.3, 0.4) is 0 Å². The lowest BCUT2D eigenvalue weighted by molar-refractivity contribution is 0.603. The van der Waals surface area contributed by atoms with Gasteiger partial charge in [-0.1, -0.05) is 18.5 Å². The van der Waals surface area contributed by atoms with Gasteiger partial charge in [0, 0.05) is 18.3 Å². The number of pyridine rings is 1. The number of hydrogen-bond acceptors (Lipinski definition) is 5. The largest absolute Gasteiger partial charge is 0.384 e. The standard InChI is InChI=1S/C11H13ClN6OS/c1-2-5-18-10(19)16-17-11(18)20-9-7(12)6(8(13)14)3-4-15-9/h3-4H,2,5H2,1H3,(H3,13,14)(H,16,19). The van der Waals surface area contributed by atoms with Gasteiger partial charge in [0.15, 0.2) is 5.16 Å². The molecule has 20 heavy (non-hydrogen) atoms. The number of hydrogen-bond donors (Lipinski definition) is 3. The van der Waals surface area contributed by atoms with Crippen LogP contribution in [0.5, 0.6) is 0 Å². The molecule has 0 aromatic carbocycles. The van der Waals surface area contributed by atoms with Crippen molar-refractivity contribution in [3.63, 3.8) is 0 Å². The Balaban J connectivity index is 2.38. The molecular weight excluding hydrogens is 300 g/mol. The number of halogens is 1. The van der Waals surface area contributed by atoms with E-state index in [1.807, 2.05) is 6.92 Å². The fourth-order valence-corrected chi connectivity index (χ4v) is 2.78. The van der Waals surface area contributed by atoms with Crippen molar-refractivity contribution >= 4 is 29.2 Å². The third-order valence-electron chi connectivity index (χ3n) is 2.51. The number of rotatable bonds is 5. The number of amidine groups is 1. The smallest absolute Gasteiger partial charge is 0.343 e. The van der Waals surface area contributed by atoms with Crippen molar-refractivity contribution in [2.75, 3.05) is 0 Å². The molecule has 106 valence electrons. The molecule has 2 aromatic rings. The first-order valence-corrected chi connectivity index (χ1v) is 7.06. The van der Waals surface area contributed by atoms with E-state index in [1.165, 1.54) is 10.8 Å². The second-order valence-corrected chi connectivity index (χ2v) is 5.29. The average molecular weight is 313 g/mol. The Hall–Kier alpha value is -1.80. The van der Waals surface area contributed by atoms with Crippen LogP contribution in [0.25, 0.3) is 0 Å². The lowest BCUT2D eigenvalue weighted by atomic mass is 10.2. The van der Waals surface area contributed by atoms with Crippen LogP contribution in [0.1, 0.15) is 18.9 Å². The van der Waals surface area contributed by atoms with Crippen molar-refractivity contribution in [3.05, 3.63) is 33.3 Å². The first kappa shape index (κ1) is 14.6. The fraction of sp³-hybridized carbons (Fsp3) is 0.273. The predicted octanol–water partition coefficient (Wildman–Crippen LogP) is 1.47. The van der Waals surface area contributed by atoms with E-state index >= 15 is 0 Å². The maximum Gasteiger partial charge on any atom is 0.343 e. The fourth-order valence-electron chi connectivity index (χ4n) is 1.59. The summed E-state index contributed by atoms with van der Waals surface area (Å²) in [7, 11) is 0. The summed E-state index contributed by atoms with van der Waals surface area (Å²) >= 11 is 7.32. The topological polar surface area (TPSA) is 113 Å². The molecule has 0 atom stereocenters. The molecule has 0 saturated carbocycles. The highest BCUT2D eigenvalue weighted by molar-refractivity contribution is 7.99. The van der Waals surface area contributed by atoms with E-state index < -0.39 is 0 Å². The second-order valence-electron chi connectivity index (χ2n) is 3.96. The number of nitrogens with zero attached hydrogens (tertiary/aromatic N) is 3. The number of H-pyrrole nitrogens is 1.